The molecule has 4 heteroatoms. The van der Waals surface area contributed by atoms with Gasteiger partial charge in [0.15, 0.2) is 5.78 Å². The molecular formula is C16H15BrFNO. The first kappa shape index (κ1) is 14.7. The Kier molecular flexibility index (Phi) is 4.90. The van der Waals surface area contributed by atoms with Crippen LogP contribution >= 0.6 is 15.9 Å². The minimum Gasteiger partial charge on any atom is -0.374 e. The second-order valence-corrected chi connectivity index (χ2v) is 5.50. The lowest BCUT2D eigenvalue weighted by atomic mass is 10.1. The standard InChI is InChI=1S/C16H15BrFNO/c1-19(15-4-2-3-14(18)11-15)10-9-16(20)12-5-7-13(17)8-6-12/h2-8,11H,9-10H2,1H3. The molecule has 0 aromatic heterocycles. The molecule has 2 rings (SSSR count). The first-order valence-electron chi connectivity index (χ1n) is 6.32. The summed E-state index contributed by atoms with van der Waals surface area (Å²) in [5.74, 6) is -0.186. The lowest BCUT2D eigenvalue weighted by Crippen LogP contribution is -2.21. The molecule has 20 heavy (non-hydrogen) atoms. The molecule has 0 atom stereocenters. The minimum atomic E-state index is -0.270. The predicted molar refractivity (Wildman–Crippen MR) is 82.8 cm³/mol. The van der Waals surface area contributed by atoms with Gasteiger partial charge in [-0.2, -0.15) is 0 Å². The van der Waals surface area contributed by atoms with Crippen molar-refractivity contribution in [2.75, 3.05) is 18.5 Å². The van der Waals surface area contributed by atoms with Gasteiger partial charge in [-0.15, -0.1) is 0 Å². The lowest BCUT2D eigenvalue weighted by Gasteiger charge is -2.18. The molecule has 0 bridgehead atoms. The van der Waals surface area contributed by atoms with E-state index in [0.29, 0.717) is 18.5 Å². The molecule has 0 saturated carbocycles. The summed E-state index contributed by atoms with van der Waals surface area (Å²) in [5, 5.41) is 0. The topological polar surface area (TPSA) is 20.3 Å². The van der Waals surface area contributed by atoms with Crippen LogP contribution in [0.15, 0.2) is 53.0 Å². The molecule has 2 nitrogen and oxygen atoms in total. The van der Waals surface area contributed by atoms with Crippen molar-refractivity contribution in [3.8, 4) is 0 Å². The van der Waals surface area contributed by atoms with Crippen molar-refractivity contribution in [3.05, 3.63) is 64.4 Å². The van der Waals surface area contributed by atoms with E-state index in [2.05, 4.69) is 15.9 Å². The summed E-state index contributed by atoms with van der Waals surface area (Å²) < 4.78 is 14.1. The maximum atomic E-state index is 13.1. The summed E-state index contributed by atoms with van der Waals surface area (Å²) in [6.07, 6.45) is 0.397. The highest BCUT2D eigenvalue weighted by atomic mass is 79.9. The van der Waals surface area contributed by atoms with Crippen LogP contribution in [0.25, 0.3) is 0 Å². The van der Waals surface area contributed by atoms with Crippen LogP contribution < -0.4 is 4.90 Å². The molecule has 104 valence electrons. The van der Waals surface area contributed by atoms with Crippen molar-refractivity contribution in [3.63, 3.8) is 0 Å². The third-order valence-corrected chi connectivity index (χ3v) is 3.62. The predicted octanol–water partition coefficient (Wildman–Crippen LogP) is 4.30. The Balaban J connectivity index is 1.94. The Labute approximate surface area is 126 Å². The number of rotatable bonds is 5. The number of carbonyl (C=O) groups is 1. The van der Waals surface area contributed by atoms with Crippen LogP contribution in [0.2, 0.25) is 0 Å². The first-order chi connectivity index (χ1) is 9.56. The number of Topliss-reactive ketones (excluding diaryl/α,β-unsaturated/α-hetero) is 1. The Hall–Kier alpha value is -1.68. The fraction of sp³-hybridized carbons (Fsp3) is 0.188. The molecular weight excluding hydrogens is 321 g/mol. The van der Waals surface area contributed by atoms with Crippen molar-refractivity contribution in [1.29, 1.82) is 0 Å². The summed E-state index contributed by atoms with van der Waals surface area (Å²) in [6, 6.07) is 13.7. The SMILES string of the molecule is CN(CCC(=O)c1ccc(Br)cc1)c1cccc(F)c1. The zero-order chi connectivity index (χ0) is 14.5. The van der Waals surface area contributed by atoms with E-state index in [1.807, 2.05) is 30.1 Å². The maximum absolute atomic E-state index is 13.1. The van der Waals surface area contributed by atoms with Gasteiger partial charge in [-0.25, -0.2) is 4.39 Å². The van der Waals surface area contributed by atoms with Gasteiger partial charge in [0.2, 0.25) is 0 Å². The normalized spacial score (nSPS) is 10.3. The van der Waals surface area contributed by atoms with Crippen LogP contribution in [-0.2, 0) is 0 Å². The van der Waals surface area contributed by atoms with Crippen LogP contribution in [0, 0.1) is 5.82 Å². The minimum absolute atomic E-state index is 0.0840. The smallest absolute Gasteiger partial charge is 0.164 e. The summed E-state index contributed by atoms with van der Waals surface area (Å²) >= 11 is 3.34. The van der Waals surface area contributed by atoms with E-state index in [1.54, 1.807) is 18.2 Å². The number of hydrogen-bond acceptors (Lipinski definition) is 2. The summed E-state index contributed by atoms with van der Waals surface area (Å²) in [6.45, 7) is 0.554. The third-order valence-electron chi connectivity index (χ3n) is 3.09. The van der Waals surface area contributed by atoms with E-state index in [0.717, 1.165) is 10.2 Å². The molecule has 0 unspecified atom stereocenters. The van der Waals surface area contributed by atoms with E-state index in [4.69, 9.17) is 0 Å². The van der Waals surface area contributed by atoms with E-state index in [9.17, 15) is 9.18 Å². The third kappa shape index (κ3) is 3.90. The van der Waals surface area contributed by atoms with Crippen molar-refractivity contribution in [2.24, 2.45) is 0 Å². The Morgan fingerprint density at radius 2 is 1.90 bits per heavy atom. The number of nitrogens with zero attached hydrogens (tertiary/aromatic N) is 1. The highest BCUT2D eigenvalue weighted by Crippen LogP contribution is 2.16. The second kappa shape index (κ2) is 6.66. The van der Waals surface area contributed by atoms with Crippen LogP contribution in [0.3, 0.4) is 0 Å². The molecule has 0 N–H and O–H groups in total. The van der Waals surface area contributed by atoms with Gasteiger partial charge in [-0.3, -0.25) is 4.79 Å². The molecule has 0 fully saturated rings. The van der Waals surface area contributed by atoms with E-state index in [1.165, 1.54) is 12.1 Å². The van der Waals surface area contributed by atoms with E-state index >= 15 is 0 Å². The summed E-state index contributed by atoms with van der Waals surface area (Å²) in [7, 11) is 1.85. The molecule has 2 aromatic rings. The molecule has 0 heterocycles. The highest BCUT2D eigenvalue weighted by molar-refractivity contribution is 9.10. The van der Waals surface area contributed by atoms with Gasteiger partial charge in [0.1, 0.15) is 5.82 Å². The van der Waals surface area contributed by atoms with Gasteiger partial charge in [0, 0.05) is 35.7 Å². The monoisotopic (exact) mass is 335 g/mol. The summed E-state index contributed by atoms with van der Waals surface area (Å²) in [5.41, 5.74) is 1.47. The largest absolute Gasteiger partial charge is 0.374 e. The number of ketones is 1. The van der Waals surface area contributed by atoms with Gasteiger partial charge in [0.25, 0.3) is 0 Å². The van der Waals surface area contributed by atoms with Gasteiger partial charge >= 0.3 is 0 Å². The molecule has 0 saturated heterocycles. The molecule has 0 aliphatic heterocycles. The van der Waals surface area contributed by atoms with Gasteiger partial charge in [-0.1, -0.05) is 34.1 Å². The maximum Gasteiger partial charge on any atom is 0.164 e. The van der Waals surface area contributed by atoms with Crippen LogP contribution in [0.1, 0.15) is 16.8 Å². The Morgan fingerprint density at radius 1 is 1.20 bits per heavy atom. The fourth-order valence-electron chi connectivity index (χ4n) is 1.89. The molecule has 0 radical (unpaired) electrons. The fourth-order valence-corrected chi connectivity index (χ4v) is 2.16. The van der Waals surface area contributed by atoms with Gasteiger partial charge in [-0.05, 0) is 30.3 Å². The zero-order valence-corrected chi connectivity index (χ0v) is 12.7. The van der Waals surface area contributed by atoms with Crippen molar-refractivity contribution in [2.45, 2.75) is 6.42 Å². The Morgan fingerprint density at radius 3 is 2.55 bits per heavy atom. The quantitative estimate of drug-likeness (QED) is 0.759. The van der Waals surface area contributed by atoms with E-state index < -0.39 is 0 Å². The van der Waals surface area contributed by atoms with Crippen molar-refractivity contribution >= 4 is 27.4 Å². The average Bonchev–Trinajstić information content (AvgIpc) is 2.45. The molecule has 0 aliphatic carbocycles. The number of anilines is 1. The second-order valence-electron chi connectivity index (χ2n) is 4.58. The van der Waals surface area contributed by atoms with Gasteiger partial charge in [0.05, 0.1) is 0 Å². The van der Waals surface area contributed by atoms with Gasteiger partial charge < -0.3 is 4.90 Å². The Bertz CT molecular complexity index is 598. The number of benzene rings is 2. The highest BCUT2D eigenvalue weighted by Gasteiger charge is 2.08. The van der Waals surface area contributed by atoms with E-state index in [-0.39, 0.29) is 11.6 Å². The first-order valence-corrected chi connectivity index (χ1v) is 7.11. The average molecular weight is 336 g/mol. The molecule has 0 aliphatic rings. The number of hydrogen-bond donors (Lipinski definition) is 0. The van der Waals surface area contributed by atoms with Crippen molar-refractivity contribution < 1.29 is 9.18 Å². The number of carbonyl (C=O) groups excluding carboxylic acids is 1. The molecule has 2 aromatic carbocycles. The zero-order valence-electron chi connectivity index (χ0n) is 11.1. The van der Waals surface area contributed by atoms with Crippen LogP contribution in [0.5, 0.6) is 0 Å². The van der Waals surface area contributed by atoms with Crippen LogP contribution in [-0.4, -0.2) is 19.4 Å². The lowest BCUT2D eigenvalue weighted by molar-refractivity contribution is 0.0985. The number of halogens is 2. The molecule has 0 amide bonds. The van der Waals surface area contributed by atoms with Crippen LogP contribution in [0.4, 0.5) is 10.1 Å². The van der Waals surface area contributed by atoms with Crippen molar-refractivity contribution in [1.82, 2.24) is 0 Å². The molecule has 0 spiro atoms. The summed E-state index contributed by atoms with van der Waals surface area (Å²) in [4.78, 5) is 13.9.